The summed E-state index contributed by atoms with van der Waals surface area (Å²) in [6, 6.07) is 0. The SMILES string of the molecule is CCCCCCCCCCCCCCCCCCCC(OC(=O)C=CC(=O)O)(C(C)CCCCCCCCCCCCCC)C(C)CCCCCCCCCCCCCC. The fourth-order valence-electron chi connectivity index (χ4n) is 9.79. The monoisotopic (exact) mass is 845 g/mol. The first-order valence-corrected chi connectivity index (χ1v) is 27.5. The molecule has 60 heavy (non-hydrogen) atoms. The van der Waals surface area contributed by atoms with E-state index in [1.54, 1.807) is 0 Å². The molecule has 0 aliphatic heterocycles. The van der Waals surface area contributed by atoms with Crippen LogP contribution in [0.5, 0.6) is 0 Å². The van der Waals surface area contributed by atoms with Gasteiger partial charge in [-0.05, 0) is 37.5 Å². The summed E-state index contributed by atoms with van der Waals surface area (Å²) in [4.78, 5) is 24.7. The van der Waals surface area contributed by atoms with Crippen LogP contribution in [0.2, 0.25) is 0 Å². The van der Waals surface area contributed by atoms with Crippen LogP contribution in [0.15, 0.2) is 12.2 Å². The van der Waals surface area contributed by atoms with E-state index in [4.69, 9.17) is 4.74 Å². The van der Waals surface area contributed by atoms with Gasteiger partial charge in [-0.25, -0.2) is 9.59 Å². The van der Waals surface area contributed by atoms with Crippen LogP contribution in [0.4, 0.5) is 0 Å². The number of carbonyl (C=O) groups excluding carboxylic acids is 1. The van der Waals surface area contributed by atoms with E-state index in [2.05, 4.69) is 34.6 Å². The molecule has 0 aromatic carbocycles. The van der Waals surface area contributed by atoms with E-state index in [0.717, 1.165) is 37.8 Å². The summed E-state index contributed by atoms with van der Waals surface area (Å²) in [6.07, 6.45) is 60.3. The highest BCUT2D eigenvalue weighted by Crippen LogP contribution is 2.41. The maximum atomic E-state index is 13.3. The minimum absolute atomic E-state index is 0.246. The predicted molar refractivity (Wildman–Crippen MR) is 264 cm³/mol. The van der Waals surface area contributed by atoms with Gasteiger partial charge in [0.2, 0.25) is 0 Å². The smallest absolute Gasteiger partial charge is 0.331 e. The Kier molecular flexibility index (Phi) is 44.7. The zero-order chi connectivity index (χ0) is 44.0. The fourth-order valence-corrected chi connectivity index (χ4v) is 9.79. The third-order valence-corrected chi connectivity index (χ3v) is 14.0. The molecule has 2 unspecified atom stereocenters. The third kappa shape index (κ3) is 37.3. The average Bonchev–Trinajstić information content (AvgIpc) is 3.24. The second kappa shape index (κ2) is 45.7. The van der Waals surface area contributed by atoms with Gasteiger partial charge in [-0.15, -0.1) is 0 Å². The highest BCUT2D eigenvalue weighted by molar-refractivity contribution is 5.90. The minimum atomic E-state index is -1.10. The van der Waals surface area contributed by atoms with Crippen LogP contribution in [0, 0.1) is 11.8 Å². The second-order valence-electron chi connectivity index (χ2n) is 19.6. The zero-order valence-corrected chi connectivity index (χ0v) is 41.6. The number of carboxylic acids is 1. The Labute approximate surface area is 376 Å². The van der Waals surface area contributed by atoms with Crippen LogP contribution in [0.3, 0.4) is 0 Å². The largest absolute Gasteiger partial charge is 0.478 e. The first kappa shape index (κ1) is 58.7. The maximum absolute atomic E-state index is 13.3. The van der Waals surface area contributed by atoms with Crippen molar-refractivity contribution in [3.05, 3.63) is 12.2 Å². The Bertz CT molecular complexity index is 892. The molecule has 0 aromatic heterocycles. The molecule has 356 valence electrons. The van der Waals surface area contributed by atoms with Gasteiger partial charge in [0.25, 0.3) is 0 Å². The number of carboxylic acid groups (broad SMARTS) is 1. The van der Waals surface area contributed by atoms with E-state index in [1.807, 2.05) is 0 Å². The summed E-state index contributed by atoms with van der Waals surface area (Å²) in [5, 5.41) is 9.31. The Hall–Kier alpha value is -1.32. The van der Waals surface area contributed by atoms with Crippen LogP contribution in [0.25, 0.3) is 0 Å². The highest BCUT2D eigenvalue weighted by atomic mass is 16.6. The first-order chi connectivity index (χ1) is 29.3. The number of unbranched alkanes of at least 4 members (excludes halogenated alkanes) is 38. The number of rotatable bonds is 49. The van der Waals surface area contributed by atoms with Gasteiger partial charge in [-0.1, -0.05) is 291 Å². The van der Waals surface area contributed by atoms with E-state index in [-0.39, 0.29) is 11.8 Å². The summed E-state index contributed by atoms with van der Waals surface area (Å²) in [7, 11) is 0. The number of hydrogen-bond donors (Lipinski definition) is 1. The van der Waals surface area contributed by atoms with E-state index >= 15 is 0 Å². The lowest BCUT2D eigenvalue weighted by atomic mass is 9.71. The lowest BCUT2D eigenvalue weighted by molar-refractivity contribution is -0.171. The lowest BCUT2D eigenvalue weighted by Crippen LogP contribution is -2.47. The van der Waals surface area contributed by atoms with E-state index in [1.165, 1.54) is 257 Å². The van der Waals surface area contributed by atoms with Crippen LogP contribution >= 0.6 is 0 Å². The molecular weight excluding hydrogens is 737 g/mol. The molecular formula is C56H108O4. The molecule has 0 aromatic rings. The van der Waals surface area contributed by atoms with Crippen molar-refractivity contribution in [1.29, 1.82) is 0 Å². The summed E-state index contributed by atoms with van der Waals surface area (Å²) in [6.45, 7) is 11.5. The zero-order valence-electron chi connectivity index (χ0n) is 41.6. The Morgan fingerprint density at radius 2 is 0.617 bits per heavy atom. The van der Waals surface area contributed by atoms with Crippen LogP contribution in [-0.4, -0.2) is 22.6 Å². The van der Waals surface area contributed by atoms with Gasteiger partial charge >= 0.3 is 11.9 Å². The molecule has 2 atom stereocenters. The quantitative estimate of drug-likeness (QED) is 0.0376. The third-order valence-electron chi connectivity index (χ3n) is 14.0. The molecule has 0 amide bonds. The van der Waals surface area contributed by atoms with Crippen molar-refractivity contribution < 1.29 is 19.4 Å². The van der Waals surface area contributed by atoms with Gasteiger partial charge in [-0.2, -0.15) is 0 Å². The molecule has 0 saturated heterocycles. The summed E-state index contributed by atoms with van der Waals surface area (Å²) >= 11 is 0. The van der Waals surface area contributed by atoms with Crippen LogP contribution in [0.1, 0.15) is 317 Å². The highest BCUT2D eigenvalue weighted by Gasteiger charge is 2.43. The molecule has 1 N–H and O–H groups in total. The van der Waals surface area contributed by atoms with E-state index in [9.17, 15) is 14.7 Å². The van der Waals surface area contributed by atoms with Gasteiger partial charge in [0, 0.05) is 12.2 Å². The maximum Gasteiger partial charge on any atom is 0.331 e. The van der Waals surface area contributed by atoms with Crippen molar-refractivity contribution in [2.24, 2.45) is 11.8 Å². The minimum Gasteiger partial charge on any atom is -0.478 e. The molecule has 4 heteroatoms. The molecule has 0 aliphatic rings. The topological polar surface area (TPSA) is 63.6 Å². The summed E-state index contributed by atoms with van der Waals surface area (Å²) < 4.78 is 6.57. The number of ether oxygens (including phenoxy) is 1. The molecule has 0 bridgehead atoms. The number of esters is 1. The lowest BCUT2D eigenvalue weighted by Gasteiger charge is -2.44. The molecule has 0 aliphatic carbocycles. The van der Waals surface area contributed by atoms with Gasteiger partial charge in [-0.3, -0.25) is 0 Å². The van der Waals surface area contributed by atoms with E-state index < -0.39 is 17.5 Å². The molecule has 0 saturated carbocycles. The molecule has 0 spiro atoms. The van der Waals surface area contributed by atoms with Crippen molar-refractivity contribution in [3.8, 4) is 0 Å². The number of carbonyl (C=O) groups is 2. The first-order valence-electron chi connectivity index (χ1n) is 27.5. The summed E-state index contributed by atoms with van der Waals surface area (Å²) in [5.41, 5.74) is -0.551. The molecule has 0 fully saturated rings. The van der Waals surface area contributed by atoms with Crippen LogP contribution < -0.4 is 0 Å². The standard InChI is InChI=1S/C56H108O4/c1-6-9-12-15-18-21-24-27-28-29-30-31-34-37-40-43-46-51-56(60-55(59)50-49-54(57)58,52(4)47-44-41-38-35-32-25-22-19-16-13-10-7-2)53(5)48-45-42-39-36-33-26-23-20-17-14-11-8-3/h49-50,52-53H,6-48,51H2,1-5H3,(H,57,58). The van der Waals surface area contributed by atoms with Gasteiger partial charge in [0.1, 0.15) is 5.60 Å². The normalized spacial score (nSPS) is 13.8. The number of aliphatic carboxylic acids is 1. The second-order valence-corrected chi connectivity index (χ2v) is 19.6. The Morgan fingerprint density at radius 1 is 0.383 bits per heavy atom. The van der Waals surface area contributed by atoms with Crippen molar-refractivity contribution in [2.75, 3.05) is 0 Å². The molecule has 0 radical (unpaired) electrons. The molecule has 4 nitrogen and oxygen atoms in total. The average molecular weight is 845 g/mol. The fraction of sp³-hybridized carbons (Fsp3) is 0.929. The van der Waals surface area contributed by atoms with Gasteiger partial charge in [0.05, 0.1) is 0 Å². The van der Waals surface area contributed by atoms with Crippen molar-refractivity contribution >= 4 is 11.9 Å². The van der Waals surface area contributed by atoms with Crippen LogP contribution in [-0.2, 0) is 14.3 Å². The Balaban J connectivity index is 5.10. The summed E-state index contributed by atoms with van der Waals surface area (Å²) in [5.74, 6) is -1.08. The molecule has 0 rings (SSSR count). The van der Waals surface area contributed by atoms with Crippen molar-refractivity contribution in [2.45, 2.75) is 323 Å². The van der Waals surface area contributed by atoms with Crippen molar-refractivity contribution in [1.82, 2.24) is 0 Å². The number of hydrogen-bond acceptors (Lipinski definition) is 3. The van der Waals surface area contributed by atoms with E-state index in [0.29, 0.717) is 0 Å². The predicted octanol–water partition coefficient (Wildman–Crippen LogP) is 19.4. The molecule has 0 heterocycles. The van der Waals surface area contributed by atoms with Gasteiger partial charge < -0.3 is 9.84 Å². The van der Waals surface area contributed by atoms with Crippen molar-refractivity contribution in [3.63, 3.8) is 0 Å². The van der Waals surface area contributed by atoms with Gasteiger partial charge in [0.15, 0.2) is 0 Å². The Morgan fingerprint density at radius 3 is 0.867 bits per heavy atom.